The zero-order valence-electron chi connectivity index (χ0n) is 10.8. The molecule has 0 nitrogen and oxygen atoms in total. The molecule has 0 radical (unpaired) electrons. The Kier molecular flexibility index (Phi) is 4.83. The maximum Gasteiger partial charge on any atom is 0.0484 e. The first-order chi connectivity index (χ1) is 8.81. The van der Waals surface area contributed by atoms with Crippen LogP contribution in [0.15, 0.2) is 48.5 Å². The fourth-order valence-corrected chi connectivity index (χ4v) is 2.41. The number of rotatable bonds is 5. The van der Waals surface area contributed by atoms with Crippen molar-refractivity contribution < 1.29 is 0 Å². The van der Waals surface area contributed by atoms with Crippen molar-refractivity contribution in [1.29, 1.82) is 0 Å². The number of halogens is 1. The highest BCUT2D eigenvalue weighted by atomic mass is 35.5. The van der Waals surface area contributed by atoms with Crippen LogP contribution in [0, 0.1) is 0 Å². The van der Waals surface area contributed by atoms with Crippen molar-refractivity contribution in [3.63, 3.8) is 0 Å². The molecule has 2 aromatic carbocycles. The molecular formula is C17H19Cl. The SMILES string of the molecule is CCCCCc1cccc(-c2ccccc2Cl)c1. The van der Waals surface area contributed by atoms with Crippen LogP contribution in [0.3, 0.4) is 0 Å². The number of hydrogen-bond donors (Lipinski definition) is 0. The van der Waals surface area contributed by atoms with Gasteiger partial charge in [-0.3, -0.25) is 0 Å². The standard InChI is InChI=1S/C17H19Cl/c1-2-3-4-8-14-9-7-10-15(13-14)16-11-5-6-12-17(16)18/h5-7,9-13H,2-4,8H2,1H3. The summed E-state index contributed by atoms with van der Waals surface area (Å²) in [6, 6.07) is 16.7. The number of unbranched alkanes of at least 4 members (excludes halogenated alkanes) is 2. The van der Waals surface area contributed by atoms with E-state index in [0.29, 0.717) is 0 Å². The summed E-state index contributed by atoms with van der Waals surface area (Å²) >= 11 is 6.24. The van der Waals surface area contributed by atoms with E-state index in [1.54, 1.807) is 0 Å². The van der Waals surface area contributed by atoms with E-state index < -0.39 is 0 Å². The van der Waals surface area contributed by atoms with E-state index in [9.17, 15) is 0 Å². The largest absolute Gasteiger partial charge is 0.0837 e. The van der Waals surface area contributed by atoms with Gasteiger partial charge in [0.2, 0.25) is 0 Å². The molecule has 0 atom stereocenters. The highest BCUT2D eigenvalue weighted by molar-refractivity contribution is 6.33. The molecule has 0 heterocycles. The molecular weight excluding hydrogens is 240 g/mol. The highest BCUT2D eigenvalue weighted by Crippen LogP contribution is 2.28. The fourth-order valence-electron chi connectivity index (χ4n) is 2.17. The molecule has 1 heteroatoms. The predicted octanol–water partition coefficient (Wildman–Crippen LogP) is 5.74. The molecule has 94 valence electrons. The van der Waals surface area contributed by atoms with E-state index in [1.807, 2.05) is 18.2 Å². The third-order valence-electron chi connectivity index (χ3n) is 3.18. The normalized spacial score (nSPS) is 10.6. The Morgan fingerprint density at radius 3 is 2.56 bits per heavy atom. The van der Waals surface area contributed by atoms with Gasteiger partial charge in [-0.15, -0.1) is 0 Å². The van der Waals surface area contributed by atoms with Gasteiger partial charge in [-0.25, -0.2) is 0 Å². The molecule has 0 saturated heterocycles. The summed E-state index contributed by atoms with van der Waals surface area (Å²) in [7, 11) is 0. The van der Waals surface area contributed by atoms with E-state index in [0.717, 1.165) is 17.0 Å². The Balaban J connectivity index is 2.19. The van der Waals surface area contributed by atoms with E-state index in [-0.39, 0.29) is 0 Å². The van der Waals surface area contributed by atoms with Crippen LogP contribution in [0.2, 0.25) is 5.02 Å². The molecule has 0 aliphatic heterocycles. The summed E-state index contributed by atoms with van der Waals surface area (Å²) in [5.41, 5.74) is 3.74. The van der Waals surface area contributed by atoms with Crippen LogP contribution in [0.4, 0.5) is 0 Å². The van der Waals surface area contributed by atoms with Crippen molar-refractivity contribution in [1.82, 2.24) is 0 Å². The zero-order valence-corrected chi connectivity index (χ0v) is 11.6. The minimum atomic E-state index is 0.822. The first-order valence-corrected chi connectivity index (χ1v) is 7.03. The van der Waals surface area contributed by atoms with Gasteiger partial charge in [0.15, 0.2) is 0 Å². The second-order valence-electron chi connectivity index (χ2n) is 4.64. The Morgan fingerprint density at radius 2 is 1.78 bits per heavy atom. The lowest BCUT2D eigenvalue weighted by Gasteiger charge is -2.07. The van der Waals surface area contributed by atoms with Gasteiger partial charge in [0.1, 0.15) is 0 Å². The summed E-state index contributed by atoms with van der Waals surface area (Å²) in [6.07, 6.45) is 5.00. The van der Waals surface area contributed by atoms with Crippen LogP contribution < -0.4 is 0 Å². The van der Waals surface area contributed by atoms with Gasteiger partial charge >= 0.3 is 0 Å². The molecule has 0 aliphatic rings. The van der Waals surface area contributed by atoms with E-state index in [2.05, 4.69) is 37.3 Å². The predicted molar refractivity (Wildman–Crippen MR) is 80.1 cm³/mol. The first kappa shape index (κ1) is 13.2. The average molecular weight is 259 g/mol. The van der Waals surface area contributed by atoms with Gasteiger partial charge < -0.3 is 0 Å². The second-order valence-corrected chi connectivity index (χ2v) is 5.04. The lowest BCUT2D eigenvalue weighted by molar-refractivity contribution is 0.717. The van der Waals surface area contributed by atoms with Crippen molar-refractivity contribution in [3.05, 3.63) is 59.1 Å². The quantitative estimate of drug-likeness (QED) is 0.600. The maximum absolute atomic E-state index is 6.24. The van der Waals surface area contributed by atoms with Gasteiger partial charge in [0.05, 0.1) is 0 Å². The molecule has 0 aliphatic carbocycles. The van der Waals surface area contributed by atoms with Crippen molar-refractivity contribution in [2.75, 3.05) is 0 Å². The van der Waals surface area contributed by atoms with Crippen molar-refractivity contribution in [2.45, 2.75) is 32.6 Å². The number of aryl methyl sites for hydroxylation is 1. The Labute approximate surface area is 115 Å². The van der Waals surface area contributed by atoms with Crippen LogP contribution in [0.1, 0.15) is 31.7 Å². The number of benzene rings is 2. The summed E-state index contributed by atoms with van der Waals surface area (Å²) in [5.74, 6) is 0. The van der Waals surface area contributed by atoms with Gasteiger partial charge in [-0.2, -0.15) is 0 Å². The Bertz CT molecular complexity index is 502. The molecule has 0 bridgehead atoms. The molecule has 0 amide bonds. The molecule has 2 rings (SSSR count). The summed E-state index contributed by atoms with van der Waals surface area (Å²) in [6.45, 7) is 2.24. The monoisotopic (exact) mass is 258 g/mol. The zero-order chi connectivity index (χ0) is 12.8. The molecule has 0 aromatic heterocycles. The Morgan fingerprint density at radius 1 is 0.944 bits per heavy atom. The van der Waals surface area contributed by atoms with E-state index in [4.69, 9.17) is 11.6 Å². The van der Waals surface area contributed by atoms with Crippen molar-refractivity contribution in [3.8, 4) is 11.1 Å². The van der Waals surface area contributed by atoms with Crippen molar-refractivity contribution in [2.24, 2.45) is 0 Å². The molecule has 18 heavy (non-hydrogen) atoms. The summed E-state index contributed by atoms with van der Waals surface area (Å²) in [4.78, 5) is 0. The fraction of sp³-hybridized carbons (Fsp3) is 0.294. The van der Waals surface area contributed by atoms with Crippen molar-refractivity contribution >= 4 is 11.6 Å². The molecule has 0 saturated carbocycles. The van der Waals surface area contributed by atoms with E-state index in [1.165, 1.54) is 30.4 Å². The first-order valence-electron chi connectivity index (χ1n) is 6.65. The number of hydrogen-bond acceptors (Lipinski definition) is 0. The topological polar surface area (TPSA) is 0 Å². The molecule has 2 aromatic rings. The van der Waals surface area contributed by atoms with Crippen LogP contribution in [0.25, 0.3) is 11.1 Å². The van der Waals surface area contributed by atoms with Gasteiger partial charge in [0.25, 0.3) is 0 Å². The van der Waals surface area contributed by atoms with Gasteiger partial charge in [0, 0.05) is 10.6 Å². The Hall–Kier alpha value is -1.27. The van der Waals surface area contributed by atoms with Crippen LogP contribution in [0.5, 0.6) is 0 Å². The molecule has 0 fully saturated rings. The molecule has 0 unspecified atom stereocenters. The molecule has 0 N–H and O–H groups in total. The highest BCUT2D eigenvalue weighted by Gasteiger charge is 2.03. The smallest absolute Gasteiger partial charge is 0.0484 e. The van der Waals surface area contributed by atoms with Crippen LogP contribution >= 0.6 is 11.6 Å². The third kappa shape index (κ3) is 3.36. The van der Waals surface area contributed by atoms with E-state index >= 15 is 0 Å². The lowest BCUT2D eigenvalue weighted by Crippen LogP contribution is -1.87. The summed E-state index contributed by atoms with van der Waals surface area (Å²) < 4.78 is 0. The van der Waals surface area contributed by atoms with Crippen LogP contribution in [-0.2, 0) is 6.42 Å². The minimum absolute atomic E-state index is 0.822. The second kappa shape index (κ2) is 6.61. The van der Waals surface area contributed by atoms with Gasteiger partial charge in [-0.05, 0) is 30.0 Å². The average Bonchev–Trinajstić information content (AvgIpc) is 2.40. The minimum Gasteiger partial charge on any atom is -0.0837 e. The summed E-state index contributed by atoms with van der Waals surface area (Å²) in [5, 5.41) is 0.822. The lowest BCUT2D eigenvalue weighted by atomic mass is 10.0. The molecule has 0 spiro atoms. The maximum atomic E-state index is 6.24. The van der Waals surface area contributed by atoms with Crippen LogP contribution in [-0.4, -0.2) is 0 Å². The third-order valence-corrected chi connectivity index (χ3v) is 3.51. The van der Waals surface area contributed by atoms with Gasteiger partial charge in [-0.1, -0.05) is 73.8 Å².